The first-order chi connectivity index (χ1) is 14.6. The number of rotatable bonds is 6. The molecule has 1 N–H and O–H groups in total. The fourth-order valence-corrected chi connectivity index (χ4v) is 5.89. The van der Waals surface area contributed by atoms with Gasteiger partial charge in [0.05, 0.1) is 17.7 Å². The summed E-state index contributed by atoms with van der Waals surface area (Å²) in [5.74, 6) is -0.518. The molecule has 3 rings (SSSR count). The van der Waals surface area contributed by atoms with Gasteiger partial charge in [0.25, 0.3) is 0 Å². The molecule has 5 nitrogen and oxygen atoms in total. The molecule has 2 atom stereocenters. The normalized spacial score (nSPS) is 18.5. The van der Waals surface area contributed by atoms with Crippen molar-refractivity contribution in [1.29, 1.82) is 0 Å². The van der Waals surface area contributed by atoms with Crippen molar-refractivity contribution >= 4 is 27.5 Å². The summed E-state index contributed by atoms with van der Waals surface area (Å²) in [7, 11) is -3.50. The molecule has 1 aliphatic rings. The Balaban J connectivity index is 1.66. The van der Waals surface area contributed by atoms with Crippen molar-refractivity contribution in [3.8, 4) is 0 Å². The van der Waals surface area contributed by atoms with Crippen molar-refractivity contribution in [3.05, 3.63) is 69.2 Å². The van der Waals surface area contributed by atoms with Crippen LogP contribution in [0.15, 0.2) is 36.4 Å². The van der Waals surface area contributed by atoms with E-state index in [-0.39, 0.29) is 30.2 Å². The highest BCUT2D eigenvalue weighted by Crippen LogP contribution is 2.25. The molecule has 2 aromatic rings. The van der Waals surface area contributed by atoms with Crippen molar-refractivity contribution in [3.63, 3.8) is 0 Å². The highest BCUT2D eigenvalue weighted by atomic mass is 35.5. The van der Waals surface area contributed by atoms with E-state index in [2.05, 4.69) is 38.2 Å². The number of nitrogens with zero attached hydrogens (tertiary/aromatic N) is 1. The quantitative estimate of drug-likeness (QED) is 0.677. The van der Waals surface area contributed by atoms with Gasteiger partial charge in [0, 0.05) is 18.1 Å². The summed E-state index contributed by atoms with van der Waals surface area (Å²) in [6, 6.07) is 11.0. The summed E-state index contributed by atoms with van der Waals surface area (Å²) < 4.78 is 27.3. The van der Waals surface area contributed by atoms with E-state index in [9.17, 15) is 13.2 Å². The summed E-state index contributed by atoms with van der Waals surface area (Å²) in [4.78, 5) is 13.0. The lowest BCUT2D eigenvalue weighted by molar-refractivity contribution is -0.126. The highest BCUT2D eigenvalue weighted by Gasteiger charge is 2.33. The average molecular weight is 463 g/mol. The third-order valence-electron chi connectivity index (χ3n) is 6.12. The zero-order valence-corrected chi connectivity index (χ0v) is 20.2. The number of piperidine rings is 1. The first kappa shape index (κ1) is 23.8. The van der Waals surface area contributed by atoms with Crippen molar-refractivity contribution < 1.29 is 13.2 Å². The van der Waals surface area contributed by atoms with E-state index < -0.39 is 10.0 Å². The van der Waals surface area contributed by atoms with Gasteiger partial charge in [-0.15, -0.1) is 0 Å². The monoisotopic (exact) mass is 462 g/mol. The van der Waals surface area contributed by atoms with Gasteiger partial charge in [-0.3, -0.25) is 4.79 Å². The van der Waals surface area contributed by atoms with Crippen LogP contribution in [0.2, 0.25) is 5.02 Å². The second kappa shape index (κ2) is 9.72. The third kappa shape index (κ3) is 5.88. The molecule has 0 spiro atoms. The summed E-state index contributed by atoms with van der Waals surface area (Å²) in [5, 5.41) is 3.68. The Labute approximate surface area is 190 Å². The molecule has 0 radical (unpaired) electrons. The number of halogens is 1. The van der Waals surface area contributed by atoms with Crippen LogP contribution in [-0.2, 0) is 20.6 Å². The van der Waals surface area contributed by atoms with E-state index >= 15 is 0 Å². The molecule has 1 aliphatic heterocycles. The molecule has 1 fully saturated rings. The molecule has 2 aromatic carbocycles. The smallest absolute Gasteiger partial charge is 0.224 e. The third-order valence-corrected chi connectivity index (χ3v) is 8.19. The predicted octanol–water partition coefficient (Wildman–Crippen LogP) is 4.68. The molecule has 31 heavy (non-hydrogen) atoms. The zero-order chi connectivity index (χ0) is 22.8. The number of carbonyl (C=O) groups is 1. The van der Waals surface area contributed by atoms with Gasteiger partial charge in [0.2, 0.25) is 15.9 Å². The molecule has 1 saturated heterocycles. The Hall–Kier alpha value is -1.89. The molecular formula is C24H31ClN2O3S. The summed E-state index contributed by atoms with van der Waals surface area (Å²) in [5.41, 5.74) is 5.36. The van der Waals surface area contributed by atoms with Gasteiger partial charge in [-0.25, -0.2) is 12.7 Å². The largest absolute Gasteiger partial charge is 0.349 e. The fraction of sp³-hybridized carbons (Fsp3) is 0.458. The number of benzene rings is 2. The first-order valence-corrected chi connectivity index (χ1v) is 12.7. The van der Waals surface area contributed by atoms with Crippen LogP contribution in [-0.4, -0.2) is 31.7 Å². The van der Waals surface area contributed by atoms with Gasteiger partial charge < -0.3 is 5.32 Å². The second-order valence-electron chi connectivity index (χ2n) is 8.60. The number of nitrogens with one attached hydrogen (secondary N) is 1. The molecule has 0 aliphatic carbocycles. The minimum absolute atomic E-state index is 0.0866. The maximum absolute atomic E-state index is 13.0. The van der Waals surface area contributed by atoms with Crippen LogP contribution >= 0.6 is 11.6 Å². The molecule has 0 saturated carbocycles. The van der Waals surface area contributed by atoms with Gasteiger partial charge in [0.1, 0.15) is 0 Å². The number of hydrogen-bond acceptors (Lipinski definition) is 3. The van der Waals surface area contributed by atoms with E-state index in [1.807, 2.05) is 6.92 Å². The SMILES string of the molecule is Cc1cc(C)c([C@H](C)NC(=O)[C@H]2CCCN(S(=O)(=O)Cc3ccc(Cl)cc3)C2)cc1C. The first-order valence-electron chi connectivity index (χ1n) is 10.7. The fourth-order valence-electron chi connectivity index (χ4n) is 4.15. The Morgan fingerprint density at radius 2 is 1.77 bits per heavy atom. The molecule has 1 amide bonds. The summed E-state index contributed by atoms with van der Waals surface area (Å²) >= 11 is 5.89. The van der Waals surface area contributed by atoms with E-state index in [0.717, 1.165) is 11.1 Å². The van der Waals surface area contributed by atoms with Crippen LogP contribution in [0.1, 0.15) is 53.6 Å². The Bertz CT molecular complexity index is 1050. The van der Waals surface area contributed by atoms with Crippen molar-refractivity contribution in [2.24, 2.45) is 5.92 Å². The molecular weight excluding hydrogens is 432 g/mol. The van der Waals surface area contributed by atoms with Crippen LogP contribution in [0.4, 0.5) is 0 Å². The topological polar surface area (TPSA) is 66.5 Å². The number of amides is 1. The Kier molecular flexibility index (Phi) is 7.45. The maximum Gasteiger partial charge on any atom is 0.224 e. The molecule has 0 unspecified atom stereocenters. The molecule has 7 heteroatoms. The minimum atomic E-state index is -3.50. The standard InChI is InChI=1S/C24H31ClN2O3S/c1-16-12-18(3)23(13-17(16)2)19(4)26-24(28)21-6-5-11-27(14-21)31(29,30)15-20-7-9-22(25)10-8-20/h7-10,12-13,19,21H,5-6,11,14-15H2,1-4H3,(H,26,28)/t19-,21-/m0/s1. The number of carbonyl (C=O) groups excluding carboxylic acids is 1. The van der Waals surface area contributed by atoms with Gasteiger partial charge in [-0.1, -0.05) is 35.9 Å². The van der Waals surface area contributed by atoms with Gasteiger partial charge in [-0.05, 0) is 80.5 Å². The van der Waals surface area contributed by atoms with Crippen LogP contribution < -0.4 is 5.32 Å². The van der Waals surface area contributed by atoms with Crippen molar-refractivity contribution in [2.45, 2.75) is 52.3 Å². The predicted molar refractivity (Wildman–Crippen MR) is 126 cm³/mol. The highest BCUT2D eigenvalue weighted by molar-refractivity contribution is 7.88. The van der Waals surface area contributed by atoms with Crippen LogP contribution in [0, 0.1) is 26.7 Å². The number of aryl methyl sites for hydroxylation is 3. The lowest BCUT2D eigenvalue weighted by Crippen LogP contribution is -2.46. The molecule has 0 bridgehead atoms. The molecule has 168 valence electrons. The summed E-state index contributed by atoms with van der Waals surface area (Å²) in [6.07, 6.45) is 1.37. The average Bonchev–Trinajstić information content (AvgIpc) is 2.72. The minimum Gasteiger partial charge on any atom is -0.349 e. The Morgan fingerprint density at radius 1 is 1.13 bits per heavy atom. The lowest BCUT2D eigenvalue weighted by atomic mass is 9.95. The van der Waals surface area contributed by atoms with E-state index in [4.69, 9.17) is 11.6 Å². The molecule has 1 heterocycles. The number of sulfonamides is 1. The van der Waals surface area contributed by atoms with Crippen molar-refractivity contribution in [1.82, 2.24) is 9.62 Å². The summed E-state index contributed by atoms with van der Waals surface area (Å²) in [6.45, 7) is 8.85. The van der Waals surface area contributed by atoms with Crippen LogP contribution in [0.5, 0.6) is 0 Å². The maximum atomic E-state index is 13.0. The van der Waals surface area contributed by atoms with E-state index in [1.165, 1.54) is 15.4 Å². The van der Waals surface area contributed by atoms with Gasteiger partial charge in [0.15, 0.2) is 0 Å². The Morgan fingerprint density at radius 3 is 2.45 bits per heavy atom. The van der Waals surface area contributed by atoms with Gasteiger partial charge in [-0.2, -0.15) is 0 Å². The zero-order valence-electron chi connectivity index (χ0n) is 18.6. The van der Waals surface area contributed by atoms with Crippen LogP contribution in [0.3, 0.4) is 0 Å². The molecule has 0 aromatic heterocycles. The van der Waals surface area contributed by atoms with Crippen molar-refractivity contribution in [2.75, 3.05) is 13.1 Å². The van der Waals surface area contributed by atoms with Gasteiger partial charge >= 0.3 is 0 Å². The van der Waals surface area contributed by atoms with Crippen LogP contribution in [0.25, 0.3) is 0 Å². The lowest BCUT2D eigenvalue weighted by Gasteiger charge is -2.32. The number of hydrogen-bond donors (Lipinski definition) is 1. The van der Waals surface area contributed by atoms with E-state index in [0.29, 0.717) is 30.0 Å². The second-order valence-corrected chi connectivity index (χ2v) is 11.0. The van der Waals surface area contributed by atoms with E-state index in [1.54, 1.807) is 24.3 Å².